The summed E-state index contributed by atoms with van der Waals surface area (Å²) < 4.78 is 0.210. The van der Waals surface area contributed by atoms with Gasteiger partial charge in [0.15, 0.2) is 0 Å². The molecule has 0 aromatic rings. The highest BCUT2D eigenvalue weighted by Crippen LogP contribution is 2.42. The van der Waals surface area contributed by atoms with Crippen LogP contribution in [0.15, 0.2) is 0 Å². The Hall–Kier alpha value is -0.910. The number of carbonyl (C=O) groups excluding carboxylic acids is 1. The van der Waals surface area contributed by atoms with E-state index >= 15 is 0 Å². The summed E-state index contributed by atoms with van der Waals surface area (Å²) in [6.45, 7) is 3.37. The molecular formula is C14H24N2O3S. The first-order chi connectivity index (χ1) is 9.41. The number of nitrogens with zero attached hydrogens (tertiary/aromatic N) is 1. The van der Waals surface area contributed by atoms with Crippen LogP contribution in [-0.2, 0) is 4.79 Å². The SMILES string of the molecule is CSC1(CNC(=O)N2CCCC(C)(C(=O)O)C2)CCC1. The molecule has 1 aliphatic carbocycles. The van der Waals surface area contributed by atoms with E-state index < -0.39 is 11.4 Å². The summed E-state index contributed by atoms with van der Waals surface area (Å²) in [5.74, 6) is -0.811. The molecule has 2 fully saturated rings. The van der Waals surface area contributed by atoms with Crippen LogP contribution in [0.5, 0.6) is 0 Å². The maximum atomic E-state index is 12.2. The van der Waals surface area contributed by atoms with Crippen molar-refractivity contribution in [2.45, 2.75) is 43.8 Å². The monoisotopic (exact) mass is 300 g/mol. The predicted molar refractivity (Wildman–Crippen MR) is 80.0 cm³/mol. The van der Waals surface area contributed by atoms with E-state index in [0.29, 0.717) is 26.1 Å². The Morgan fingerprint density at radius 3 is 2.50 bits per heavy atom. The fourth-order valence-corrected chi connectivity index (χ4v) is 3.87. The minimum absolute atomic E-state index is 0.113. The number of hydrogen-bond acceptors (Lipinski definition) is 3. The van der Waals surface area contributed by atoms with Gasteiger partial charge in [0.05, 0.1) is 5.41 Å². The van der Waals surface area contributed by atoms with Crippen molar-refractivity contribution in [2.24, 2.45) is 5.41 Å². The third-order valence-electron chi connectivity index (χ3n) is 4.76. The molecule has 0 spiro atoms. The summed E-state index contributed by atoms with van der Waals surface area (Å²) in [4.78, 5) is 25.2. The zero-order valence-corrected chi connectivity index (χ0v) is 13.1. The average Bonchev–Trinajstić information content (AvgIpc) is 2.37. The molecule has 5 nitrogen and oxygen atoms in total. The normalized spacial score (nSPS) is 28.6. The Bertz CT molecular complexity index is 392. The standard InChI is InChI=1S/C14H24N2O3S/c1-13(11(17)18)5-4-8-16(10-13)12(19)15-9-14(20-2)6-3-7-14/h3-10H2,1-2H3,(H,15,19)(H,17,18). The Morgan fingerprint density at radius 1 is 1.30 bits per heavy atom. The van der Waals surface area contributed by atoms with E-state index in [4.69, 9.17) is 0 Å². The first kappa shape index (κ1) is 15.5. The molecule has 20 heavy (non-hydrogen) atoms. The van der Waals surface area contributed by atoms with E-state index in [1.807, 2.05) is 11.8 Å². The Kier molecular flexibility index (Phi) is 4.52. The van der Waals surface area contributed by atoms with E-state index in [1.54, 1.807) is 11.8 Å². The van der Waals surface area contributed by atoms with Gasteiger partial charge >= 0.3 is 12.0 Å². The smallest absolute Gasteiger partial charge is 0.317 e. The average molecular weight is 300 g/mol. The lowest BCUT2D eigenvalue weighted by atomic mass is 9.82. The molecule has 2 amide bonds. The highest BCUT2D eigenvalue weighted by atomic mass is 32.2. The number of likely N-dealkylation sites (tertiary alicyclic amines) is 1. The molecular weight excluding hydrogens is 276 g/mol. The minimum atomic E-state index is -0.811. The molecule has 0 radical (unpaired) electrons. The van der Waals surface area contributed by atoms with Crippen LogP contribution >= 0.6 is 11.8 Å². The summed E-state index contributed by atoms with van der Waals surface area (Å²) in [6, 6.07) is -0.113. The molecule has 2 aliphatic rings. The van der Waals surface area contributed by atoms with Gasteiger partial charge in [0.2, 0.25) is 0 Å². The van der Waals surface area contributed by atoms with Crippen molar-refractivity contribution < 1.29 is 14.7 Å². The number of rotatable bonds is 4. The van der Waals surface area contributed by atoms with Gasteiger partial charge < -0.3 is 15.3 Å². The summed E-state index contributed by atoms with van der Waals surface area (Å²) in [6.07, 6.45) is 7.03. The molecule has 1 atom stereocenters. The van der Waals surface area contributed by atoms with Gasteiger partial charge in [-0.3, -0.25) is 4.79 Å². The number of carbonyl (C=O) groups is 2. The molecule has 2 rings (SSSR count). The maximum Gasteiger partial charge on any atom is 0.317 e. The van der Waals surface area contributed by atoms with Crippen molar-refractivity contribution in [3.05, 3.63) is 0 Å². The summed E-state index contributed by atoms with van der Waals surface area (Å²) in [5.41, 5.74) is -0.802. The van der Waals surface area contributed by atoms with Gasteiger partial charge in [-0.1, -0.05) is 6.42 Å². The van der Waals surface area contributed by atoms with E-state index in [0.717, 1.165) is 19.3 Å². The number of carboxylic acids is 1. The van der Waals surface area contributed by atoms with Gasteiger partial charge in [-0.05, 0) is 38.9 Å². The Labute approximate surface area is 124 Å². The molecule has 114 valence electrons. The fourth-order valence-electron chi connectivity index (χ4n) is 2.96. The van der Waals surface area contributed by atoms with Crippen LogP contribution in [0, 0.1) is 5.41 Å². The number of nitrogens with one attached hydrogen (secondary N) is 1. The first-order valence-electron chi connectivity index (χ1n) is 7.22. The third kappa shape index (κ3) is 3.05. The lowest BCUT2D eigenvalue weighted by molar-refractivity contribution is -0.150. The van der Waals surface area contributed by atoms with Crippen molar-refractivity contribution in [2.75, 3.05) is 25.9 Å². The molecule has 1 aliphatic heterocycles. The van der Waals surface area contributed by atoms with Gasteiger partial charge in [-0.2, -0.15) is 11.8 Å². The summed E-state index contributed by atoms with van der Waals surface area (Å²) >= 11 is 1.83. The third-order valence-corrected chi connectivity index (χ3v) is 6.18. The summed E-state index contributed by atoms with van der Waals surface area (Å²) in [5, 5.41) is 12.3. The molecule has 1 heterocycles. The molecule has 6 heteroatoms. The molecule has 2 N–H and O–H groups in total. The Morgan fingerprint density at radius 2 is 2.00 bits per heavy atom. The first-order valence-corrected chi connectivity index (χ1v) is 8.45. The zero-order chi connectivity index (χ0) is 14.8. The number of amides is 2. The molecule has 0 aromatic heterocycles. The highest BCUT2D eigenvalue weighted by Gasteiger charge is 2.40. The van der Waals surface area contributed by atoms with Crippen LogP contribution < -0.4 is 5.32 Å². The zero-order valence-electron chi connectivity index (χ0n) is 12.3. The van der Waals surface area contributed by atoms with Crippen LogP contribution in [0.3, 0.4) is 0 Å². The second-order valence-electron chi connectivity index (χ2n) is 6.29. The van der Waals surface area contributed by atoms with E-state index in [1.165, 1.54) is 6.42 Å². The van der Waals surface area contributed by atoms with Crippen molar-refractivity contribution in [1.82, 2.24) is 10.2 Å². The second-order valence-corrected chi connectivity index (χ2v) is 7.56. The quantitative estimate of drug-likeness (QED) is 0.835. The van der Waals surface area contributed by atoms with Crippen molar-refractivity contribution in [3.8, 4) is 0 Å². The maximum absolute atomic E-state index is 12.2. The second kappa shape index (κ2) is 5.84. The lowest BCUT2D eigenvalue weighted by Crippen LogP contribution is -2.54. The largest absolute Gasteiger partial charge is 0.481 e. The molecule has 1 saturated carbocycles. The lowest BCUT2D eigenvalue weighted by Gasteiger charge is -2.42. The van der Waals surface area contributed by atoms with Gasteiger partial charge in [0.1, 0.15) is 0 Å². The molecule has 1 saturated heterocycles. The summed E-state index contributed by atoms with van der Waals surface area (Å²) in [7, 11) is 0. The van der Waals surface area contributed by atoms with Crippen LogP contribution in [-0.4, -0.2) is 52.6 Å². The van der Waals surface area contributed by atoms with Crippen LogP contribution in [0.1, 0.15) is 39.0 Å². The van der Waals surface area contributed by atoms with Crippen LogP contribution in [0.25, 0.3) is 0 Å². The number of carboxylic acid groups (broad SMARTS) is 1. The number of piperidine rings is 1. The van der Waals surface area contributed by atoms with Crippen molar-refractivity contribution >= 4 is 23.8 Å². The topological polar surface area (TPSA) is 69.6 Å². The molecule has 1 unspecified atom stereocenters. The van der Waals surface area contributed by atoms with Crippen molar-refractivity contribution in [1.29, 1.82) is 0 Å². The van der Waals surface area contributed by atoms with Gasteiger partial charge in [0, 0.05) is 24.4 Å². The molecule has 0 bridgehead atoms. The number of aliphatic carboxylic acids is 1. The van der Waals surface area contributed by atoms with Gasteiger partial charge in [0.25, 0.3) is 0 Å². The van der Waals surface area contributed by atoms with Crippen molar-refractivity contribution in [3.63, 3.8) is 0 Å². The van der Waals surface area contributed by atoms with E-state index in [2.05, 4.69) is 11.6 Å². The number of thioether (sulfide) groups is 1. The van der Waals surface area contributed by atoms with Gasteiger partial charge in [-0.15, -0.1) is 0 Å². The molecule has 0 aromatic carbocycles. The van der Waals surface area contributed by atoms with Crippen LogP contribution in [0.4, 0.5) is 4.79 Å². The highest BCUT2D eigenvalue weighted by molar-refractivity contribution is 8.00. The number of hydrogen-bond donors (Lipinski definition) is 2. The van der Waals surface area contributed by atoms with E-state index in [9.17, 15) is 14.7 Å². The minimum Gasteiger partial charge on any atom is -0.481 e. The predicted octanol–water partition coefficient (Wildman–Crippen LogP) is 2.17. The Balaban J connectivity index is 1.87. The van der Waals surface area contributed by atoms with E-state index in [-0.39, 0.29) is 10.8 Å². The van der Waals surface area contributed by atoms with Gasteiger partial charge in [-0.25, -0.2) is 4.79 Å². The number of urea groups is 1. The fraction of sp³-hybridized carbons (Fsp3) is 0.857. The van der Waals surface area contributed by atoms with Crippen LogP contribution in [0.2, 0.25) is 0 Å².